The smallest absolute Gasteiger partial charge is 0.416 e. The van der Waals surface area contributed by atoms with Crippen molar-refractivity contribution in [3.05, 3.63) is 70.8 Å². The van der Waals surface area contributed by atoms with Gasteiger partial charge in [0.1, 0.15) is 11.1 Å². The van der Waals surface area contributed by atoms with Crippen LogP contribution in [0.2, 0.25) is 0 Å². The minimum atomic E-state index is -5.00. The molecule has 214 valence electrons. The van der Waals surface area contributed by atoms with Crippen LogP contribution in [0.1, 0.15) is 68.9 Å². The lowest BCUT2D eigenvalue weighted by Gasteiger charge is -2.54. The van der Waals surface area contributed by atoms with Crippen LogP contribution in [0.15, 0.2) is 48.5 Å². The molecule has 3 N–H and O–H groups in total. The number of alkyl carbamates (subject to hydrolysis) is 1. The fourth-order valence-corrected chi connectivity index (χ4v) is 4.70. The normalized spacial score (nSPS) is 22.5. The van der Waals surface area contributed by atoms with Gasteiger partial charge >= 0.3 is 18.4 Å². The summed E-state index contributed by atoms with van der Waals surface area (Å²) in [7, 11) is 0. The molecule has 1 aliphatic rings. The van der Waals surface area contributed by atoms with Gasteiger partial charge in [-0.1, -0.05) is 30.3 Å². The first kappa shape index (κ1) is 30.3. The minimum absolute atomic E-state index is 0.0261. The van der Waals surface area contributed by atoms with Crippen LogP contribution in [0.5, 0.6) is 0 Å². The van der Waals surface area contributed by atoms with E-state index in [9.17, 15) is 35.9 Å². The first-order valence-electron chi connectivity index (χ1n) is 12.0. The van der Waals surface area contributed by atoms with E-state index < -0.39 is 58.1 Å². The highest BCUT2D eigenvalue weighted by Crippen LogP contribution is 2.51. The quantitative estimate of drug-likeness (QED) is 0.390. The third kappa shape index (κ3) is 7.03. The largest absolute Gasteiger partial charge is 0.444 e. The molecule has 12 heteroatoms. The molecule has 2 amide bonds. The first-order chi connectivity index (χ1) is 17.8. The summed E-state index contributed by atoms with van der Waals surface area (Å²) in [6, 6.07) is 10.00. The summed E-state index contributed by atoms with van der Waals surface area (Å²) in [5.41, 5.74) is -0.130. The van der Waals surface area contributed by atoms with Crippen molar-refractivity contribution in [1.82, 2.24) is 5.32 Å². The molecular weight excluding hydrogens is 530 g/mol. The summed E-state index contributed by atoms with van der Waals surface area (Å²) in [4.78, 5) is 24.9. The second-order valence-corrected chi connectivity index (χ2v) is 10.9. The van der Waals surface area contributed by atoms with Crippen LogP contribution in [-0.4, -0.2) is 29.7 Å². The maximum Gasteiger partial charge on any atom is 0.416 e. The van der Waals surface area contributed by atoms with Gasteiger partial charge in [-0.2, -0.15) is 26.3 Å². The molecule has 2 aromatic rings. The Labute approximate surface area is 221 Å². The number of hydrogen-bond donors (Lipinski definition) is 2. The summed E-state index contributed by atoms with van der Waals surface area (Å²) in [6.45, 7) is 6.09. The third-order valence-corrected chi connectivity index (χ3v) is 6.57. The van der Waals surface area contributed by atoms with Crippen molar-refractivity contribution in [3.8, 4) is 0 Å². The Kier molecular flexibility index (Phi) is 8.04. The Bertz CT molecular complexity index is 1170. The molecule has 0 aromatic heterocycles. The van der Waals surface area contributed by atoms with Crippen LogP contribution in [0, 0.1) is 0 Å². The van der Waals surface area contributed by atoms with Crippen molar-refractivity contribution in [3.63, 3.8) is 0 Å². The fraction of sp³-hybridized carbons (Fsp3) is 0.481. The van der Waals surface area contributed by atoms with Gasteiger partial charge in [0.05, 0.1) is 23.8 Å². The topological polar surface area (TPSA) is 90.7 Å². The van der Waals surface area contributed by atoms with E-state index >= 15 is 0 Å². The number of primary amides is 1. The summed E-state index contributed by atoms with van der Waals surface area (Å²) < 4.78 is 91.1. The molecule has 3 rings (SSSR count). The number of ether oxygens (including phenoxy) is 2. The van der Waals surface area contributed by atoms with Crippen LogP contribution >= 0.6 is 0 Å². The Morgan fingerprint density at radius 3 is 1.90 bits per heavy atom. The van der Waals surface area contributed by atoms with Crippen molar-refractivity contribution in [2.24, 2.45) is 5.73 Å². The van der Waals surface area contributed by atoms with Gasteiger partial charge in [-0.3, -0.25) is 4.79 Å². The fourth-order valence-electron chi connectivity index (χ4n) is 4.70. The first-order valence-corrected chi connectivity index (χ1v) is 12.0. The van der Waals surface area contributed by atoms with Crippen molar-refractivity contribution in [2.75, 3.05) is 6.61 Å². The highest BCUT2D eigenvalue weighted by molar-refractivity contribution is 5.90. The second-order valence-electron chi connectivity index (χ2n) is 10.9. The molecule has 0 unspecified atom stereocenters. The predicted octanol–water partition coefficient (Wildman–Crippen LogP) is 6.28. The zero-order chi connectivity index (χ0) is 29.4. The average Bonchev–Trinajstić information content (AvgIpc) is 2.78. The monoisotopic (exact) mass is 560 g/mol. The van der Waals surface area contributed by atoms with Gasteiger partial charge in [0.25, 0.3) is 0 Å². The average molecular weight is 561 g/mol. The maximum atomic E-state index is 13.3. The number of halogens is 6. The predicted molar refractivity (Wildman–Crippen MR) is 129 cm³/mol. The van der Waals surface area contributed by atoms with E-state index in [1.165, 1.54) is 6.92 Å². The Hall–Kier alpha value is -3.28. The lowest BCUT2D eigenvalue weighted by molar-refractivity contribution is -0.143. The number of alkyl halides is 6. The minimum Gasteiger partial charge on any atom is -0.444 e. The van der Waals surface area contributed by atoms with Crippen LogP contribution in [0.25, 0.3) is 0 Å². The standard InChI is InChI=1S/C27H30F6N2O4/c1-16(17-10-19(26(28,29)30)12-20(11-17)27(31,32)33)38-15-24(18-8-6-5-7-9-18)13-25(14-24,21(34)36)35-22(37)39-23(2,3)4/h5-12,16H,13-15H2,1-4H3,(H2,34,36)(H,35,37)/t16-,24?,25?/m1/s1. The van der Waals surface area contributed by atoms with Crippen LogP contribution < -0.4 is 11.1 Å². The summed E-state index contributed by atoms with van der Waals surface area (Å²) in [5.74, 6) is -0.819. The maximum absolute atomic E-state index is 13.3. The molecular formula is C27H30F6N2O4. The molecule has 1 aliphatic carbocycles. The van der Waals surface area contributed by atoms with Gasteiger partial charge in [-0.05, 0) is 69.9 Å². The van der Waals surface area contributed by atoms with E-state index in [0.29, 0.717) is 17.7 Å². The number of carbonyl (C=O) groups is 2. The molecule has 0 radical (unpaired) electrons. The number of nitrogens with two attached hydrogens (primary N) is 1. The van der Waals surface area contributed by atoms with Gasteiger partial charge in [-0.25, -0.2) is 4.79 Å². The zero-order valence-electron chi connectivity index (χ0n) is 21.8. The number of amides is 2. The van der Waals surface area contributed by atoms with Gasteiger partial charge in [0.15, 0.2) is 0 Å². The number of hydrogen-bond acceptors (Lipinski definition) is 4. The van der Waals surface area contributed by atoms with E-state index in [4.69, 9.17) is 15.2 Å². The third-order valence-electron chi connectivity index (χ3n) is 6.57. The van der Waals surface area contributed by atoms with E-state index in [2.05, 4.69) is 5.32 Å². The Morgan fingerprint density at radius 1 is 0.949 bits per heavy atom. The highest BCUT2D eigenvalue weighted by Gasteiger charge is 2.60. The van der Waals surface area contributed by atoms with E-state index in [1.807, 2.05) is 0 Å². The number of carbonyl (C=O) groups excluding carboxylic acids is 2. The number of nitrogens with one attached hydrogen (secondary N) is 1. The molecule has 1 fully saturated rings. The Morgan fingerprint density at radius 2 is 1.46 bits per heavy atom. The molecule has 1 atom stereocenters. The van der Waals surface area contributed by atoms with Crippen LogP contribution in [0.3, 0.4) is 0 Å². The van der Waals surface area contributed by atoms with Crippen molar-refractivity contribution in [2.45, 2.75) is 75.5 Å². The van der Waals surface area contributed by atoms with Crippen LogP contribution in [0.4, 0.5) is 31.1 Å². The van der Waals surface area contributed by atoms with Gasteiger partial charge in [-0.15, -0.1) is 0 Å². The summed E-state index contributed by atoms with van der Waals surface area (Å²) >= 11 is 0. The number of benzene rings is 2. The van der Waals surface area contributed by atoms with E-state index in [-0.39, 0.29) is 31.1 Å². The molecule has 0 bridgehead atoms. The molecule has 1 saturated carbocycles. The van der Waals surface area contributed by atoms with Gasteiger partial charge in [0, 0.05) is 5.41 Å². The van der Waals surface area contributed by atoms with Crippen LogP contribution in [-0.2, 0) is 32.0 Å². The van der Waals surface area contributed by atoms with E-state index in [0.717, 1.165) is 0 Å². The molecule has 0 aliphatic heterocycles. The molecule has 0 heterocycles. The molecule has 6 nitrogen and oxygen atoms in total. The van der Waals surface area contributed by atoms with Crippen molar-refractivity contribution in [1.29, 1.82) is 0 Å². The molecule has 0 spiro atoms. The Balaban J connectivity index is 1.89. The molecule has 0 saturated heterocycles. The summed E-state index contributed by atoms with van der Waals surface area (Å²) in [6.07, 6.45) is -12.1. The second kappa shape index (κ2) is 10.4. The molecule has 39 heavy (non-hydrogen) atoms. The SMILES string of the molecule is C[C@@H](OCC1(c2ccccc2)CC(NC(=O)OC(C)(C)C)(C(N)=O)C1)c1cc(C(F)(F)F)cc(C(F)(F)F)c1. The van der Waals surface area contributed by atoms with Crippen molar-refractivity contribution >= 4 is 12.0 Å². The van der Waals surface area contributed by atoms with Gasteiger partial charge in [0.2, 0.25) is 5.91 Å². The van der Waals surface area contributed by atoms with Gasteiger partial charge < -0.3 is 20.5 Å². The highest BCUT2D eigenvalue weighted by atomic mass is 19.4. The zero-order valence-corrected chi connectivity index (χ0v) is 21.8. The summed E-state index contributed by atoms with van der Waals surface area (Å²) in [5, 5.41) is 2.54. The molecule has 2 aromatic carbocycles. The number of rotatable bonds is 7. The van der Waals surface area contributed by atoms with Crippen molar-refractivity contribution < 1.29 is 45.4 Å². The lowest BCUT2D eigenvalue weighted by Crippen LogP contribution is -2.71. The van der Waals surface area contributed by atoms with E-state index in [1.54, 1.807) is 51.1 Å². The lowest BCUT2D eigenvalue weighted by atomic mass is 9.54.